The van der Waals surface area contributed by atoms with Crippen LogP contribution >= 0.6 is 0 Å². The number of aldehydes is 1. The zero-order valence-corrected chi connectivity index (χ0v) is 16.5. The van der Waals surface area contributed by atoms with Crippen LogP contribution in [0.5, 0.6) is 0 Å². The summed E-state index contributed by atoms with van der Waals surface area (Å²) in [6.07, 6.45) is 4.88. The van der Waals surface area contributed by atoms with Gasteiger partial charge in [0.15, 0.2) is 0 Å². The lowest BCUT2D eigenvalue weighted by Gasteiger charge is -2.28. The zero-order chi connectivity index (χ0) is 20.4. The SMILES string of the molecule is CCCCCCN1C(=O)c2cccc3c(-c4ccc(C=O)cc4)ccc(c23)C1=O. The molecule has 2 amide bonds. The van der Waals surface area contributed by atoms with Gasteiger partial charge in [-0.25, -0.2) is 0 Å². The largest absolute Gasteiger partial charge is 0.298 e. The number of hydrogen-bond donors (Lipinski definition) is 0. The van der Waals surface area contributed by atoms with Crippen LogP contribution in [-0.2, 0) is 0 Å². The average molecular weight is 385 g/mol. The van der Waals surface area contributed by atoms with E-state index in [0.29, 0.717) is 23.2 Å². The fourth-order valence-corrected chi connectivity index (χ4v) is 4.04. The summed E-state index contributed by atoms with van der Waals surface area (Å²) in [6, 6.07) is 16.7. The Kier molecular flexibility index (Phi) is 5.26. The Labute approximate surface area is 170 Å². The molecule has 0 spiro atoms. The molecular weight excluding hydrogens is 362 g/mol. The Balaban J connectivity index is 1.77. The summed E-state index contributed by atoms with van der Waals surface area (Å²) >= 11 is 0. The topological polar surface area (TPSA) is 54.5 Å². The van der Waals surface area contributed by atoms with Crippen molar-refractivity contribution in [3.63, 3.8) is 0 Å². The third kappa shape index (κ3) is 3.35. The predicted molar refractivity (Wildman–Crippen MR) is 114 cm³/mol. The summed E-state index contributed by atoms with van der Waals surface area (Å²) in [5.74, 6) is -0.420. The van der Waals surface area contributed by atoms with E-state index in [0.717, 1.165) is 53.9 Å². The lowest BCUT2D eigenvalue weighted by Crippen LogP contribution is -2.40. The minimum atomic E-state index is -0.210. The lowest BCUT2D eigenvalue weighted by molar-refractivity contribution is 0.0607. The van der Waals surface area contributed by atoms with E-state index in [9.17, 15) is 14.4 Å². The summed E-state index contributed by atoms with van der Waals surface area (Å²) in [5.41, 5.74) is 3.67. The van der Waals surface area contributed by atoms with Crippen molar-refractivity contribution < 1.29 is 14.4 Å². The molecule has 0 atom stereocenters. The normalized spacial score (nSPS) is 13.2. The minimum Gasteiger partial charge on any atom is -0.298 e. The second kappa shape index (κ2) is 8.00. The van der Waals surface area contributed by atoms with Gasteiger partial charge in [0.05, 0.1) is 0 Å². The standard InChI is InChI=1S/C25H23NO3/c1-2-3-4-5-15-26-24(28)21-8-6-7-20-19(13-14-22(23(20)21)25(26)29)18-11-9-17(16-27)10-12-18/h6-14,16H,2-5,15H2,1H3. The maximum absolute atomic E-state index is 13.1. The molecule has 0 bridgehead atoms. The highest BCUT2D eigenvalue weighted by atomic mass is 16.2. The van der Waals surface area contributed by atoms with Crippen molar-refractivity contribution in [2.75, 3.05) is 6.54 Å². The van der Waals surface area contributed by atoms with E-state index in [2.05, 4.69) is 6.92 Å². The molecule has 0 aliphatic carbocycles. The van der Waals surface area contributed by atoms with Crippen LogP contribution in [0.4, 0.5) is 0 Å². The summed E-state index contributed by atoms with van der Waals surface area (Å²) in [4.78, 5) is 38.5. The van der Waals surface area contributed by atoms with Crippen LogP contribution in [0.25, 0.3) is 21.9 Å². The van der Waals surface area contributed by atoms with Gasteiger partial charge >= 0.3 is 0 Å². The average Bonchev–Trinajstić information content (AvgIpc) is 2.76. The van der Waals surface area contributed by atoms with Gasteiger partial charge in [-0.15, -0.1) is 0 Å². The van der Waals surface area contributed by atoms with E-state index >= 15 is 0 Å². The van der Waals surface area contributed by atoms with Crippen molar-refractivity contribution >= 4 is 28.9 Å². The molecule has 0 radical (unpaired) electrons. The number of nitrogens with zero attached hydrogens (tertiary/aromatic N) is 1. The Bertz CT molecular complexity index is 1080. The monoisotopic (exact) mass is 385 g/mol. The highest BCUT2D eigenvalue weighted by Crippen LogP contribution is 2.36. The van der Waals surface area contributed by atoms with Gasteiger partial charge in [0.2, 0.25) is 0 Å². The molecule has 1 heterocycles. The van der Waals surface area contributed by atoms with Crippen molar-refractivity contribution in [2.24, 2.45) is 0 Å². The first-order valence-corrected chi connectivity index (χ1v) is 10.1. The van der Waals surface area contributed by atoms with Crippen LogP contribution < -0.4 is 0 Å². The summed E-state index contributed by atoms with van der Waals surface area (Å²) in [7, 11) is 0. The fraction of sp³-hybridized carbons (Fsp3) is 0.240. The second-order valence-electron chi connectivity index (χ2n) is 7.45. The van der Waals surface area contributed by atoms with Gasteiger partial charge < -0.3 is 0 Å². The first kappa shape index (κ1) is 19.1. The highest BCUT2D eigenvalue weighted by Gasteiger charge is 2.32. The fourth-order valence-electron chi connectivity index (χ4n) is 4.04. The molecule has 29 heavy (non-hydrogen) atoms. The molecule has 0 saturated heterocycles. The number of hydrogen-bond acceptors (Lipinski definition) is 3. The molecule has 0 aromatic heterocycles. The van der Waals surface area contributed by atoms with Crippen molar-refractivity contribution in [3.05, 3.63) is 71.3 Å². The van der Waals surface area contributed by atoms with Crippen LogP contribution in [-0.4, -0.2) is 29.5 Å². The van der Waals surface area contributed by atoms with Crippen LogP contribution in [0.2, 0.25) is 0 Å². The molecule has 0 fully saturated rings. The molecule has 146 valence electrons. The molecule has 4 nitrogen and oxygen atoms in total. The number of rotatable bonds is 7. The Morgan fingerprint density at radius 2 is 1.48 bits per heavy atom. The van der Waals surface area contributed by atoms with E-state index in [1.165, 1.54) is 4.90 Å². The Morgan fingerprint density at radius 1 is 0.793 bits per heavy atom. The predicted octanol–water partition coefficient (Wildman–Crippen LogP) is 5.50. The minimum absolute atomic E-state index is 0.210. The van der Waals surface area contributed by atoms with Gasteiger partial charge in [0, 0.05) is 28.6 Å². The quantitative estimate of drug-likeness (QED) is 0.307. The van der Waals surface area contributed by atoms with Gasteiger partial charge in [0.25, 0.3) is 11.8 Å². The van der Waals surface area contributed by atoms with E-state index < -0.39 is 0 Å². The summed E-state index contributed by atoms with van der Waals surface area (Å²) in [5, 5.41) is 1.61. The molecule has 4 rings (SSSR count). The van der Waals surface area contributed by atoms with Crippen LogP contribution in [0.1, 0.15) is 63.7 Å². The van der Waals surface area contributed by atoms with Crippen molar-refractivity contribution in [2.45, 2.75) is 32.6 Å². The number of benzene rings is 3. The third-order valence-corrected chi connectivity index (χ3v) is 5.58. The molecule has 4 heteroatoms. The van der Waals surface area contributed by atoms with E-state index in [1.807, 2.05) is 36.4 Å². The highest BCUT2D eigenvalue weighted by molar-refractivity contribution is 6.26. The molecule has 0 saturated carbocycles. The number of carbonyl (C=O) groups is 3. The van der Waals surface area contributed by atoms with E-state index in [1.54, 1.807) is 18.2 Å². The molecule has 0 unspecified atom stereocenters. The summed E-state index contributed by atoms with van der Waals surface area (Å²) in [6.45, 7) is 2.60. The van der Waals surface area contributed by atoms with E-state index in [4.69, 9.17) is 0 Å². The first-order valence-electron chi connectivity index (χ1n) is 10.1. The molecular formula is C25H23NO3. The maximum Gasteiger partial charge on any atom is 0.261 e. The number of imide groups is 1. The van der Waals surface area contributed by atoms with Crippen LogP contribution in [0.3, 0.4) is 0 Å². The van der Waals surface area contributed by atoms with Crippen molar-refractivity contribution in [1.82, 2.24) is 4.90 Å². The third-order valence-electron chi connectivity index (χ3n) is 5.58. The number of carbonyl (C=O) groups excluding carboxylic acids is 3. The van der Waals surface area contributed by atoms with Gasteiger partial charge in [-0.2, -0.15) is 0 Å². The van der Waals surface area contributed by atoms with E-state index in [-0.39, 0.29) is 11.8 Å². The molecule has 3 aromatic rings. The van der Waals surface area contributed by atoms with Gasteiger partial charge in [-0.1, -0.05) is 68.7 Å². The van der Waals surface area contributed by atoms with Crippen molar-refractivity contribution in [1.29, 1.82) is 0 Å². The van der Waals surface area contributed by atoms with Crippen molar-refractivity contribution in [3.8, 4) is 11.1 Å². The smallest absolute Gasteiger partial charge is 0.261 e. The lowest BCUT2D eigenvalue weighted by atomic mass is 9.89. The number of amides is 2. The van der Waals surface area contributed by atoms with Gasteiger partial charge in [-0.05, 0) is 35.1 Å². The van der Waals surface area contributed by atoms with Crippen LogP contribution in [0, 0.1) is 0 Å². The molecule has 1 aliphatic rings. The van der Waals surface area contributed by atoms with Gasteiger partial charge in [-0.3, -0.25) is 19.3 Å². The Hall–Kier alpha value is -3.27. The zero-order valence-electron chi connectivity index (χ0n) is 16.5. The van der Waals surface area contributed by atoms with Crippen LogP contribution in [0.15, 0.2) is 54.6 Å². The number of unbranched alkanes of at least 4 members (excludes halogenated alkanes) is 3. The second-order valence-corrected chi connectivity index (χ2v) is 7.45. The molecule has 1 aliphatic heterocycles. The molecule has 0 N–H and O–H groups in total. The Morgan fingerprint density at radius 3 is 2.17 bits per heavy atom. The summed E-state index contributed by atoms with van der Waals surface area (Å²) < 4.78 is 0. The van der Waals surface area contributed by atoms with Gasteiger partial charge in [0.1, 0.15) is 6.29 Å². The molecule has 3 aromatic carbocycles. The first-order chi connectivity index (χ1) is 14.2. The maximum atomic E-state index is 13.1.